The quantitative estimate of drug-likeness (QED) is 0.900. The minimum Gasteiger partial charge on any atom is -0.383 e. The predicted octanol–water partition coefficient (Wildman–Crippen LogP) is 2.07. The van der Waals surface area contributed by atoms with Crippen molar-refractivity contribution < 1.29 is 0 Å². The summed E-state index contributed by atoms with van der Waals surface area (Å²) in [5.74, 6) is 1.89. The van der Waals surface area contributed by atoms with Crippen molar-refractivity contribution in [3.63, 3.8) is 0 Å². The summed E-state index contributed by atoms with van der Waals surface area (Å²) in [5.41, 5.74) is 9.33. The second kappa shape index (κ2) is 3.86. The summed E-state index contributed by atoms with van der Waals surface area (Å²) in [6.45, 7) is 4.17. The smallest absolute Gasteiger partial charge is 0.132 e. The van der Waals surface area contributed by atoms with Crippen molar-refractivity contribution in [1.29, 1.82) is 0 Å². The van der Waals surface area contributed by atoms with Crippen LogP contribution in [-0.4, -0.2) is 19.3 Å². The highest BCUT2D eigenvalue weighted by atomic mass is 15.3. The van der Waals surface area contributed by atoms with Gasteiger partial charge in [-0.1, -0.05) is 6.92 Å². The Kier molecular flexibility index (Phi) is 2.43. The SMILES string of the molecule is CCc1nc(-c2cnn(C)c2C)c(N)n1C1CC1. The molecule has 2 N–H and O–H groups in total. The molecule has 0 radical (unpaired) electrons. The van der Waals surface area contributed by atoms with E-state index in [9.17, 15) is 0 Å². The molecule has 1 fully saturated rings. The van der Waals surface area contributed by atoms with Gasteiger partial charge in [0, 0.05) is 30.8 Å². The molecule has 0 saturated heterocycles. The van der Waals surface area contributed by atoms with Crippen LogP contribution in [0.25, 0.3) is 11.3 Å². The lowest BCUT2D eigenvalue weighted by Crippen LogP contribution is -2.04. The molecule has 18 heavy (non-hydrogen) atoms. The zero-order valence-corrected chi connectivity index (χ0v) is 11.1. The average molecular weight is 245 g/mol. The number of nitrogens with zero attached hydrogens (tertiary/aromatic N) is 4. The summed E-state index contributed by atoms with van der Waals surface area (Å²) < 4.78 is 4.07. The van der Waals surface area contributed by atoms with Gasteiger partial charge in [0.1, 0.15) is 17.3 Å². The average Bonchev–Trinajstić information content (AvgIpc) is 3.07. The first-order valence-electron chi connectivity index (χ1n) is 6.49. The number of imidazole rings is 1. The molecule has 0 aliphatic heterocycles. The summed E-state index contributed by atoms with van der Waals surface area (Å²) in [6.07, 6.45) is 5.21. The number of hydrogen-bond donors (Lipinski definition) is 1. The first kappa shape index (κ1) is 11.3. The molecule has 2 aromatic rings. The zero-order chi connectivity index (χ0) is 12.9. The van der Waals surface area contributed by atoms with Crippen LogP contribution in [0.4, 0.5) is 5.82 Å². The van der Waals surface area contributed by atoms with Crippen LogP contribution in [0.5, 0.6) is 0 Å². The highest BCUT2D eigenvalue weighted by Crippen LogP contribution is 2.41. The number of nitrogen functional groups attached to an aromatic ring is 1. The molecule has 5 nitrogen and oxygen atoms in total. The van der Waals surface area contributed by atoms with Gasteiger partial charge in [-0.3, -0.25) is 4.68 Å². The van der Waals surface area contributed by atoms with Gasteiger partial charge in [-0.05, 0) is 19.8 Å². The molecule has 2 aromatic heterocycles. The molecule has 96 valence electrons. The Hall–Kier alpha value is -1.78. The van der Waals surface area contributed by atoms with Gasteiger partial charge < -0.3 is 10.3 Å². The first-order chi connectivity index (χ1) is 8.63. The molecule has 0 atom stereocenters. The monoisotopic (exact) mass is 245 g/mol. The molecule has 0 amide bonds. The highest BCUT2D eigenvalue weighted by Gasteiger charge is 2.30. The predicted molar refractivity (Wildman–Crippen MR) is 71.2 cm³/mol. The molecular weight excluding hydrogens is 226 g/mol. The van der Waals surface area contributed by atoms with Crippen LogP contribution in [0.1, 0.15) is 37.3 Å². The number of aromatic nitrogens is 4. The van der Waals surface area contributed by atoms with E-state index in [1.54, 1.807) is 0 Å². The van der Waals surface area contributed by atoms with Gasteiger partial charge in [0.05, 0.1) is 6.20 Å². The molecular formula is C13H19N5. The van der Waals surface area contributed by atoms with Gasteiger partial charge in [0.25, 0.3) is 0 Å². The van der Waals surface area contributed by atoms with E-state index in [1.165, 1.54) is 12.8 Å². The maximum Gasteiger partial charge on any atom is 0.132 e. The van der Waals surface area contributed by atoms with Gasteiger partial charge in [-0.25, -0.2) is 4.98 Å². The third-order valence-electron chi connectivity index (χ3n) is 3.74. The third kappa shape index (κ3) is 1.54. The van der Waals surface area contributed by atoms with Crippen molar-refractivity contribution in [2.24, 2.45) is 7.05 Å². The van der Waals surface area contributed by atoms with E-state index < -0.39 is 0 Å². The van der Waals surface area contributed by atoms with E-state index in [-0.39, 0.29) is 0 Å². The van der Waals surface area contributed by atoms with E-state index in [0.29, 0.717) is 6.04 Å². The molecule has 2 heterocycles. The summed E-state index contributed by atoms with van der Waals surface area (Å²) in [4.78, 5) is 4.72. The van der Waals surface area contributed by atoms with Gasteiger partial charge in [0.2, 0.25) is 0 Å². The number of aryl methyl sites for hydroxylation is 2. The maximum atomic E-state index is 6.29. The van der Waals surface area contributed by atoms with Crippen molar-refractivity contribution >= 4 is 5.82 Å². The standard InChI is InChI=1S/C13H19N5/c1-4-11-16-12(10-7-15-17(3)8(10)2)13(14)18(11)9-5-6-9/h7,9H,4-6,14H2,1-3H3. The van der Waals surface area contributed by atoms with Crippen molar-refractivity contribution in [3.8, 4) is 11.3 Å². The molecule has 3 rings (SSSR count). The molecule has 1 saturated carbocycles. The lowest BCUT2D eigenvalue weighted by atomic mass is 10.2. The number of nitrogens with two attached hydrogens (primary N) is 1. The van der Waals surface area contributed by atoms with E-state index in [2.05, 4.69) is 16.6 Å². The Labute approximate surface area is 107 Å². The maximum absolute atomic E-state index is 6.29. The number of hydrogen-bond acceptors (Lipinski definition) is 3. The molecule has 0 aromatic carbocycles. The minimum absolute atomic E-state index is 0.568. The Balaban J connectivity index is 2.15. The van der Waals surface area contributed by atoms with Crippen molar-refractivity contribution in [3.05, 3.63) is 17.7 Å². The van der Waals surface area contributed by atoms with E-state index in [4.69, 9.17) is 10.7 Å². The van der Waals surface area contributed by atoms with Crippen molar-refractivity contribution in [1.82, 2.24) is 19.3 Å². The Morgan fingerprint density at radius 3 is 2.67 bits per heavy atom. The summed E-state index contributed by atoms with van der Waals surface area (Å²) >= 11 is 0. The lowest BCUT2D eigenvalue weighted by Gasteiger charge is -2.06. The summed E-state index contributed by atoms with van der Waals surface area (Å²) in [7, 11) is 1.94. The van der Waals surface area contributed by atoms with E-state index in [0.717, 1.165) is 35.0 Å². The van der Waals surface area contributed by atoms with Crippen LogP contribution in [0.2, 0.25) is 0 Å². The molecule has 0 bridgehead atoms. The Morgan fingerprint density at radius 1 is 1.44 bits per heavy atom. The summed E-state index contributed by atoms with van der Waals surface area (Å²) in [5, 5.41) is 4.27. The fourth-order valence-corrected chi connectivity index (χ4v) is 2.41. The molecule has 1 aliphatic rings. The van der Waals surface area contributed by atoms with Crippen LogP contribution >= 0.6 is 0 Å². The Bertz CT molecular complexity index is 589. The minimum atomic E-state index is 0.568. The van der Waals surface area contributed by atoms with Crippen molar-refractivity contribution in [2.75, 3.05) is 5.73 Å². The van der Waals surface area contributed by atoms with Crippen LogP contribution in [-0.2, 0) is 13.5 Å². The van der Waals surface area contributed by atoms with Gasteiger partial charge in [-0.15, -0.1) is 0 Å². The van der Waals surface area contributed by atoms with Gasteiger partial charge in [-0.2, -0.15) is 5.10 Å². The van der Waals surface area contributed by atoms with Crippen LogP contribution < -0.4 is 5.73 Å². The zero-order valence-electron chi connectivity index (χ0n) is 11.1. The lowest BCUT2D eigenvalue weighted by molar-refractivity contribution is 0.696. The first-order valence-corrected chi connectivity index (χ1v) is 6.49. The van der Waals surface area contributed by atoms with E-state index in [1.807, 2.05) is 24.9 Å². The van der Waals surface area contributed by atoms with Crippen LogP contribution in [0.3, 0.4) is 0 Å². The normalized spacial score (nSPS) is 15.3. The molecule has 0 unspecified atom stereocenters. The van der Waals surface area contributed by atoms with Crippen molar-refractivity contribution in [2.45, 2.75) is 39.2 Å². The van der Waals surface area contributed by atoms with Crippen LogP contribution in [0.15, 0.2) is 6.20 Å². The third-order valence-corrected chi connectivity index (χ3v) is 3.74. The molecule has 0 spiro atoms. The molecule has 5 heteroatoms. The largest absolute Gasteiger partial charge is 0.383 e. The van der Waals surface area contributed by atoms with Gasteiger partial charge >= 0.3 is 0 Å². The van der Waals surface area contributed by atoms with Crippen LogP contribution in [0, 0.1) is 6.92 Å². The highest BCUT2D eigenvalue weighted by molar-refractivity contribution is 5.72. The fourth-order valence-electron chi connectivity index (χ4n) is 2.41. The van der Waals surface area contributed by atoms with E-state index >= 15 is 0 Å². The topological polar surface area (TPSA) is 61.7 Å². The molecule has 1 aliphatic carbocycles. The number of rotatable bonds is 3. The second-order valence-electron chi connectivity index (χ2n) is 4.98. The number of anilines is 1. The Morgan fingerprint density at radius 2 is 2.17 bits per heavy atom. The fraction of sp³-hybridized carbons (Fsp3) is 0.538. The summed E-state index contributed by atoms with van der Waals surface area (Å²) in [6, 6.07) is 0.568. The van der Waals surface area contributed by atoms with Gasteiger partial charge in [0.15, 0.2) is 0 Å². The second-order valence-corrected chi connectivity index (χ2v) is 4.98.